The highest BCUT2D eigenvalue weighted by molar-refractivity contribution is 6.34. The third-order valence-electron chi connectivity index (χ3n) is 4.56. The SMILES string of the molecule is CCC/C(=N\OCc1ccc(NC(=O)NC(=O)c2ccccc2Cl)cc1)c1ccccc1. The minimum absolute atomic E-state index is 0.232. The molecule has 6 nitrogen and oxygen atoms in total. The van der Waals surface area contributed by atoms with Gasteiger partial charge in [0.05, 0.1) is 16.3 Å². The molecule has 0 saturated carbocycles. The van der Waals surface area contributed by atoms with Crippen molar-refractivity contribution in [1.82, 2.24) is 5.32 Å². The molecular formula is C25H24ClN3O3. The number of imide groups is 1. The molecule has 0 aliphatic heterocycles. The first kappa shape index (κ1) is 23.0. The summed E-state index contributed by atoms with van der Waals surface area (Å²) in [6, 6.07) is 22.9. The van der Waals surface area contributed by atoms with E-state index in [1.807, 2.05) is 42.5 Å². The van der Waals surface area contributed by atoms with Gasteiger partial charge in [0.2, 0.25) is 0 Å². The van der Waals surface area contributed by atoms with Crippen LogP contribution < -0.4 is 10.6 Å². The number of rotatable bonds is 8. The summed E-state index contributed by atoms with van der Waals surface area (Å²) in [6.45, 7) is 2.40. The first-order valence-corrected chi connectivity index (χ1v) is 10.6. The van der Waals surface area contributed by atoms with Gasteiger partial charge in [0.25, 0.3) is 5.91 Å². The molecule has 0 atom stereocenters. The molecule has 0 aliphatic carbocycles. The molecule has 0 radical (unpaired) electrons. The molecule has 164 valence electrons. The second-order valence-corrected chi connectivity index (χ2v) is 7.42. The molecule has 32 heavy (non-hydrogen) atoms. The minimum atomic E-state index is -0.643. The lowest BCUT2D eigenvalue weighted by molar-refractivity contribution is 0.0967. The van der Waals surface area contributed by atoms with E-state index in [1.165, 1.54) is 0 Å². The fourth-order valence-electron chi connectivity index (χ4n) is 2.96. The Morgan fingerprint density at radius 1 is 0.938 bits per heavy atom. The van der Waals surface area contributed by atoms with E-state index in [1.54, 1.807) is 36.4 Å². The maximum atomic E-state index is 12.2. The van der Waals surface area contributed by atoms with Crippen LogP contribution in [-0.4, -0.2) is 17.6 Å². The van der Waals surface area contributed by atoms with Crippen molar-refractivity contribution in [2.45, 2.75) is 26.4 Å². The monoisotopic (exact) mass is 449 g/mol. The molecule has 3 amide bonds. The molecule has 2 N–H and O–H groups in total. The molecule has 0 unspecified atom stereocenters. The van der Waals surface area contributed by atoms with Gasteiger partial charge in [-0.1, -0.05) is 84.7 Å². The Hall–Kier alpha value is -3.64. The van der Waals surface area contributed by atoms with Crippen LogP contribution in [0.2, 0.25) is 5.02 Å². The van der Waals surface area contributed by atoms with Crippen LogP contribution >= 0.6 is 11.6 Å². The summed E-state index contributed by atoms with van der Waals surface area (Å²) in [5, 5.41) is 9.46. The molecule has 0 saturated heterocycles. The van der Waals surface area contributed by atoms with E-state index in [-0.39, 0.29) is 10.6 Å². The first-order valence-electron chi connectivity index (χ1n) is 10.3. The highest BCUT2D eigenvalue weighted by Gasteiger charge is 2.13. The average Bonchev–Trinajstić information content (AvgIpc) is 2.80. The van der Waals surface area contributed by atoms with Crippen LogP contribution in [0.3, 0.4) is 0 Å². The van der Waals surface area contributed by atoms with Crippen molar-refractivity contribution in [3.05, 3.63) is 101 Å². The predicted molar refractivity (Wildman–Crippen MR) is 127 cm³/mol. The number of carbonyl (C=O) groups is 2. The van der Waals surface area contributed by atoms with Gasteiger partial charge in [-0.05, 0) is 41.8 Å². The van der Waals surface area contributed by atoms with Gasteiger partial charge in [0.1, 0.15) is 6.61 Å². The highest BCUT2D eigenvalue weighted by Crippen LogP contribution is 2.15. The fraction of sp³-hybridized carbons (Fsp3) is 0.160. The van der Waals surface area contributed by atoms with E-state index in [0.717, 1.165) is 29.7 Å². The van der Waals surface area contributed by atoms with Gasteiger partial charge in [-0.2, -0.15) is 0 Å². The molecule has 0 fully saturated rings. The molecule has 0 spiro atoms. The lowest BCUT2D eigenvalue weighted by Gasteiger charge is -2.09. The first-order chi connectivity index (χ1) is 15.6. The summed E-state index contributed by atoms with van der Waals surface area (Å²) in [7, 11) is 0. The van der Waals surface area contributed by atoms with Gasteiger partial charge in [0, 0.05) is 5.69 Å². The second-order valence-electron chi connectivity index (χ2n) is 7.01. The normalized spacial score (nSPS) is 11.0. The van der Waals surface area contributed by atoms with E-state index in [9.17, 15) is 9.59 Å². The van der Waals surface area contributed by atoms with Gasteiger partial charge in [-0.3, -0.25) is 10.1 Å². The summed E-state index contributed by atoms with van der Waals surface area (Å²) in [6.07, 6.45) is 1.80. The van der Waals surface area contributed by atoms with Crippen molar-refractivity contribution in [1.29, 1.82) is 0 Å². The molecule has 0 heterocycles. The molecule has 3 aromatic carbocycles. The van der Waals surface area contributed by atoms with Gasteiger partial charge in [-0.25, -0.2) is 4.79 Å². The van der Waals surface area contributed by atoms with E-state index < -0.39 is 11.9 Å². The van der Waals surface area contributed by atoms with Crippen LogP contribution in [0.1, 0.15) is 41.3 Å². The standard InChI is InChI=1S/C25H24ClN3O3/c1-2-8-23(19-9-4-3-5-10-19)29-32-17-18-13-15-20(16-14-18)27-25(31)28-24(30)21-11-6-7-12-22(21)26/h3-7,9-16H,2,8,17H2,1H3,(H2,27,28,30,31)/b29-23+. The minimum Gasteiger partial charge on any atom is -0.391 e. The Kier molecular flexibility index (Phi) is 8.40. The number of hydrogen-bond donors (Lipinski definition) is 2. The summed E-state index contributed by atoms with van der Waals surface area (Å²) in [5.74, 6) is -0.572. The smallest absolute Gasteiger partial charge is 0.326 e. The van der Waals surface area contributed by atoms with Gasteiger partial charge < -0.3 is 10.2 Å². The van der Waals surface area contributed by atoms with Crippen molar-refractivity contribution in [2.75, 3.05) is 5.32 Å². The number of nitrogens with zero attached hydrogens (tertiary/aromatic N) is 1. The van der Waals surface area contributed by atoms with Gasteiger partial charge in [-0.15, -0.1) is 0 Å². The quantitative estimate of drug-likeness (QED) is 0.326. The lowest BCUT2D eigenvalue weighted by Crippen LogP contribution is -2.34. The zero-order chi connectivity index (χ0) is 22.8. The van der Waals surface area contributed by atoms with E-state index in [4.69, 9.17) is 16.4 Å². The number of nitrogens with one attached hydrogen (secondary N) is 2. The maximum absolute atomic E-state index is 12.2. The van der Waals surface area contributed by atoms with Gasteiger partial charge in [0.15, 0.2) is 0 Å². The number of hydrogen-bond acceptors (Lipinski definition) is 4. The third-order valence-corrected chi connectivity index (χ3v) is 4.89. The zero-order valence-electron chi connectivity index (χ0n) is 17.7. The molecule has 0 aliphatic rings. The number of amides is 3. The molecule has 3 rings (SSSR count). The summed E-state index contributed by atoms with van der Waals surface area (Å²) >= 11 is 5.98. The lowest BCUT2D eigenvalue weighted by atomic mass is 10.1. The fourth-order valence-corrected chi connectivity index (χ4v) is 3.18. The Labute approximate surface area is 192 Å². The molecule has 0 bridgehead atoms. The largest absolute Gasteiger partial charge is 0.391 e. The van der Waals surface area contributed by atoms with Crippen molar-refractivity contribution >= 4 is 34.9 Å². The maximum Gasteiger partial charge on any atom is 0.326 e. The number of anilines is 1. The average molecular weight is 450 g/mol. The Morgan fingerprint density at radius 3 is 2.31 bits per heavy atom. The van der Waals surface area contributed by atoms with E-state index in [0.29, 0.717) is 12.3 Å². The third kappa shape index (κ3) is 6.68. The zero-order valence-corrected chi connectivity index (χ0v) is 18.4. The van der Waals surface area contributed by atoms with Crippen molar-refractivity contribution in [3.63, 3.8) is 0 Å². The van der Waals surface area contributed by atoms with Crippen molar-refractivity contribution in [2.24, 2.45) is 5.16 Å². The Morgan fingerprint density at radius 2 is 1.62 bits per heavy atom. The number of halogens is 1. The van der Waals surface area contributed by atoms with Crippen LogP contribution in [-0.2, 0) is 11.4 Å². The highest BCUT2D eigenvalue weighted by atomic mass is 35.5. The van der Waals surface area contributed by atoms with Crippen molar-refractivity contribution in [3.8, 4) is 0 Å². The molecule has 7 heteroatoms. The second kappa shape index (κ2) is 11.7. The number of oxime groups is 1. The number of benzene rings is 3. The van der Waals surface area contributed by atoms with Crippen LogP contribution in [0.25, 0.3) is 0 Å². The number of urea groups is 1. The van der Waals surface area contributed by atoms with Crippen molar-refractivity contribution < 1.29 is 14.4 Å². The van der Waals surface area contributed by atoms with Gasteiger partial charge >= 0.3 is 6.03 Å². The summed E-state index contributed by atoms with van der Waals surface area (Å²) in [4.78, 5) is 29.8. The summed E-state index contributed by atoms with van der Waals surface area (Å²) < 4.78 is 0. The van der Waals surface area contributed by atoms with Crippen LogP contribution in [0.4, 0.5) is 10.5 Å². The Bertz CT molecular complexity index is 1080. The molecule has 3 aromatic rings. The van der Waals surface area contributed by atoms with E-state index in [2.05, 4.69) is 22.7 Å². The van der Waals surface area contributed by atoms with Crippen LogP contribution in [0.5, 0.6) is 0 Å². The molecular weight excluding hydrogens is 426 g/mol. The summed E-state index contributed by atoms with van der Waals surface area (Å²) in [5.41, 5.74) is 3.63. The Balaban J connectivity index is 1.53. The number of carbonyl (C=O) groups excluding carboxylic acids is 2. The van der Waals surface area contributed by atoms with Crippen LogP contribution in [0.15, 0.2) is 84.0 Å². The topological polar surface area (TPSA) is 79.8 Å². The molecule has 0 aromatic heterocycles. The predicted octanol–water partition coefficient (Wildman–Crippen LogP) is 6.02. The van der Waals surface area contributed by atoms with E-state index >= 15 is 0 Å². The van der Waals surface area contributed by atoms with Crippen LogP contribution in [0, 0.1) is 0 Å².